The van der Waals surface area contributed by atoms with Gasteiger partial charge in [-0.05, 0) is 24.1 Å². The third-order valence-corrected chi connectivity index (χ3v) is 3.74. The van der Waals surface area contributed by atoms with E-state index in [2.05, 4.69) is 22.2 Å². The van der Waals surface area contributed by atoms with Gasteiger partial charge in [0.1, 0.15) is 0 Å². The number of rotatable bonds is 11. The van der Waals surface area contributed by atoms with Crippen LogP contribution in [0.2, 0.25) is 0 Å². The van der Waals surface area contributed by atoms with Crippen molar-refractivity contribution in [1.29, 1.82) is 0 Å². The van der Waals surface area contributed by atoms with E-state index in [9.17, 15) is 9.59 Å². The Morgan fingerprint density at radius 2 is 1.67 bits per heavy atom. The molecule has 5 nitrogen and oxygen atoms in total. The molecule has 0 radical (unpaired) electrons. The van der Waals surface area contributed by atoms with Crippen LogP contribution in [0.15, 0.2) is 29.4 Å². The van der Waals surface area contributed by atoms with Crippen LogP contribution in [0.4, 0.5) is 0 Å². The smallest absolute Gasteiger partial charge is 0.337 e. The van der Waals surface area contributed by atoms with E-state index in [4.69, 9.17) is 0 Å². The molecule has 24 heavy (non-hydrogen) atoms. The fourth-order valence-electron chi connectivity index (χ4n) is 2.30. The van der Waals surface area contributed by atoms with E-state index in [0.29, 0.717) is 12.0 Å². The molecule has 0 saturated heterocycles. The maximum absolute atomic E-state index is 11.7. The van der Waals surface area contributed by atoms with Gasteiger partial charge in [0.2, 0.25) is 5.91 Å². The molecule has 0 aliphatic heterocycles. The third kappa shape index (κ3) is 8.46. The molecule has 0 saturated carbocycles. The monoisotopic (exact) mass is 332 g/mol. The highest BCUT2D eigenvalue weighted by Crippen LogP contribution is 2.08. The summed E-state index contributed by atoms with van der Waals surface area (Å²) in [6.45, 7) is 2.21. The van der Waals surface area contributed by atoms with Gasteiger partial charge in [-0.2, -0.15) is 5.10 Å². The summed E-state index contributed by atoms with van der Waals surface area (Å²) in [5, 5.41) is 3.93. The molecule has 0 fully saturated rings. The van der Waals surface area contributed by atoms with Crippen LogP contribution in [0.5, 0.6) is 0 Å². The van der Waals surface area contributed by atoms with Crippen LogP contribution in [0.25, 0.3) is 0 Å². The third-order valence-electron chi connectivity index (χ3n) is 3.74. The highest BCUT2D eigenvalue weighted by molar-refractivity contribution is 5.90. The van der Waals surface area contributed by atoms with Crippen molar-refractivity contribution in [3.63, 3.8) is 0 Å². The molecule has 0 bridgehead atoms. The van der Waals surface area contributed by atoms with Crippen LogP contribution in [0.1, 0.15) is 74.2 Å². The van der Waals surface area contributed by atoms with Crippen molar-refractivity contribution < 1.29 is 14.3 Å². The van der Waals surface area contributed by atoms with Crippen molar-refractivity contribution in [2.45, 2.75) is 58.3 Å². The van der Waals surface area contributed by atoms with Gasteiger partial charge < -0.3 is 4.74 Å². The molecule has 5 heteroatoms. The maximum atomic E-state index is 11.7. The number of nitrogens with zero attached hydrogens (tertiary/aromatic N) is 1. The highest BCUT2D eigenvalue weighted by Gasteiger charge is 2.03. The van der Waals surface area contributed by atoms with Crippen LogP contribution in [-0.4, -0.2) is 25.2 Å². The molecule has 0 unspecified atom stereocenters. The number of ether oxygens (including phenoxy) is 1. The van der Waals surface area contributed by atoms with Gasteiger partial charge in [-0.15, -0.1) is 0 Å². The van der Waals surface area contributed by atoms with Crippen LogP contribution in [0, 0.1) is 0 Å². The first kappa shape index (κ1) is 19.9. The van der Waals surface area contributed by atoms with Gasteiger partial charge in [0.05, 0.1) is 18.9 Å². The van der Waals surface area contributed by atoms with Gasteiger partial charge in [0, 0.05) is 6.42 Å². The molecular formula is C19H28N2O3. The summed E-state index contributed by atoms with van der Waals surface area (Å²) in [5.41, 5.74) is 3.82. The summed E-state index contributed by atoms with van der Waals surface area (Å²) in [7, 11) is 1.35. The van der Waals surface area contributed by atoms with Gasteiger partial charge in [-0.3, -0.25) is 4.79 Å². The van der Waals surface area contributed by atoms with Crippen molar-refractivity contribution in [3.05, 3.63) is 35.4 Å². The summed E-state index contributed by atoms with van der Waals surface area (Å²) >= 11 is 0. The number of benzene rings is 1. The normalized spacial score (nSPS) is 10.8. The minimum absolute atomic E-state index is 0.0639. The fourth-order valence-corrected chi connectivity index (χ4v) is 2.30. The number of carbonyl (C=O) groups excluding carboxylic acids is 2. The fraction of sp³-hybridized carbons (Fsp3) is 0.526. The predicted octanol–water partition coefficient (Wildman–Crippen LogP) is 4.06. The minimum Gasteiger partial charge on any atom is -0.465 e. The lowest BCUT2D eigenvalue weighted by molar-refractivity contribution is -0.121. The van der Waals surface area contributed by atoms with E-state index in [0.717, 1.165) is 18.4 Å². The zero-order valence-corrected chi connectivity index (χ0v) is 14.7. The number of hydrogen-bond donors (Lipinski definition) is 1. The van der Waals surface area contributed by atoms with Crippen LogP contribution in [-0.2, 0) is 9.53 Å². The van der Waals surface area contributed by atoms with Crippen LogP contribution in [0.3, 0.4) is 0 Å². The number of nitrogens with one attached hydrogen (secondary N) is 1. The minimum atomic E-state index is -0.374. The van der Waals surface area contributed by atoms with Crippen molar-refractivity contribution >= 4 is 18.1 Å². The molecule has 0 spiro atoms. The molecule has 1 N–H and O–H groups in total. The Labute approximate surface area is 144 Å². The van der Waals surface area contributed by atoms with E-state index >= 15 is 0 Å². The molecule has 0 aliphatic carbocycles. The predicted molar refractivity (Wildman–Crippen MR) is 96.1 cm³/mol. The number of hydrazone groups is 1. The second-order valence-corrected chi connectivity index (χ2v) is 5.78. The van der Waals surface area contributed by atoms with Gasteiger partial charge in [-0.25, -0.2) is 10.2 Å². The Morgan fingerprint density at radius 3 is 2.29 bits per heavy atom. The molecule has 0 aliphatic rings. The second kappa shape index (κ2) is 12.3. The van der Waals surface area contributed by atoms with E-state index in [1.165, 1.54) is 39.2 Å². The van der Waals surface area contributed by atoms with E-state index in [-0.39, 0.29) is 11.9 Å². The average Bonchev–Trinajstić information content (AvgIpc) is 2.61. The van der Waals surface area contributed by atoms with E-state index in [1.807, 2.05) is 0 Å². The van der Waals surface area contributed by atoms with Crippen molar-refractivity contribution in [1.82, 2.24) is 5.43 Å². The van der Waals surface area contributed by atoms with E-state index in [1.54, 1.807) is 30.5 Å². The molecule has 1 aromatic rings. The largest absolute Gasteiger partial charge is 0.465 e. The number of hydrogen-bond acceptors (Lipinski definition) is 4. The molecule has 1 rings (SSSR count). The van der Waals surface area contributed by atoms with Crippen molar-refractivity contribution in [2.75, 3.05) is 7.11 Å². The number of amides is 1. The maximum Gasteiger partial charge on any atom is 0.337 e. The lowest BCUT2D eigenvalue weighted by Crippen LogP contribution is -2.16. The SMILES string of the molecule is CCCCCCCCCC(=O)N/N=C\c1ccc(C(=O)OC)cc1. The molecular weight excluding hydrogens is 304 g/mol. The summed E-state index contributed by atoms with van der Waals surface area (Å²) in [6.07, 6.45) is 10.4. The first-order valence-corrected chi connectivity index (χ1v) is 8.67. The standard InChI is InChI=1S/C19H28N2O3/c1-3-4-5-6-7-8-9-10-18(22)21-20-15-16-11-13-17(14-12-16)19(23)24-2/h11-15H,3-10H2,1-2H3,(H,21,22)/b20-15-. The van der Waals surface area contributed by atoms with Gasteiger partial charge in [0.25, 0.3) is 0 Å². The summed E-state index contributed by atoms with van der Waals surface area (Å²) in [4.78, 5) is 23.0. The average molecular weight is 332 g/mol. The Kier molecular flexibility index (Phi) is 10.2. The molecule has 1 aromatic carbocycles. The van der Waals surface area contributed by atoms with E-state index < -0.39 is 0 Å². The van der Waals surface area contributed by atoms with Gasteiger partial charge in [0.15, 0.2) is 0 Å². The topological polar surface area (TPSA) is 67.8 Å². The Balaban J connectivity index is 2.19. The second-order valence-electron chi connectivity index (χ2n) is 5.78. The molecule has 0 atom stereocenters. The van der Waals surface area contributed by atoms with Gasteiger partial charge >= 0.3 is 5.97 Å². The summed E-state index contributed by atoms with van der Waals surface area (Å²) in [5.74, 6) is -0.438. The number of methoxy groups -OCH3 is 1. The number of carbonyl (C=O) groups is 2. The lowest BCUT2D eigenvalue weighted by Gasteiger charge is -2.01. The van der Waals surface area contributed by atoms with Gasteiger partial charge in [-0.1, -0.05) is 57.6 Å². The quantitative estimate of drug-likeness (QED) is 0.287. The number of unbranched alkanes of at least 4 members (excludes halogenated alkanes) is 6. The summed E-state index contributed by atoms with van der Waals surface area (Å²) < 4.78 is 4.63. The zero-order valence-electron chi connectivity index (χ0n) is 14.7. The van der Waals surface area contributed by atoms with Crippen LogP contribution >= 0.6 is 0 Å². The Morgan fingerprint density at radius 1 is 1.04 bits per heavy atom. The Hall–Kier alpha value is -2.17. The molecule has 132 valence electrons. The first-order chi connectivity index (χ1) is 11.7. The van der Waals surface area contributed by atoms with Crippen molar-refractivity contribution in [2.24, 2.45) is 5.10 Å². The number of esters is 1. The molecule has 1 amide bonds. The van der Waals surface area contributed by atoms with Crippen LogP contribution < -0.4 is 5.43 Å². The molecule has 0 aromatic heterocycles. The Bertz CT molecular complexity index is 524. The molecule has 0 heterocycles. The first-order valence-electron chi connectivity index (χ1n) is 8.67. The highest BCUT2D eigenvalue weighted by atomic mass is 16.5. The summed E-state index contributed by atoms with van der Waals surface area (Å²) in [6, 6.07) is 6.82. The zero-order chi connectivity index (χ0) is 17.6. The lowest BCUT2D eigenvalue weighted by atomic mass is 10.1. The van der Waals surface area contributed by atoms with Crippen molar-refractivity contribution in [3.8, 4) is 0 Å².